The number of hydrogen-bond donors (Lipinski definition) is 2. The molecule has 0 aliphatic heterocycles. The minimum absolute atomic E-state index is 0.445. The topological polar surface area (TPSA) is 90.1 Å². The molecule has 3 rings (SSSR count). The number of benzene rings is 2. The zero-order valence-corrected chi connectivity index (χ0v) is 14.5. The lowest BCUT2D eigenvalue weighted by molar-refractivity contribution is 0.100. The normalized spacial score (nSPS) is 10.3. The molecule has 0 bridgehead atoms. The van der Waals surface area contributed by atoms with Crippen molar-refractivity contribution in [2.45, 2.75) is 6.42 Å². The molecular weight excluding hydrogens is 328 g/mol. The van der Waals surface area contributed by atoms with E-state index in [4.69, 9.17) is 10.5 Å². The van der Waals surface area contributed by atoms with Gasteiger partial charge in [0.05, 0.1) is 12.8 Å². The number of carbonyl (C=O) groups is 1. The fraction of sp³-hybridized carbons (Fsp3) is 0.150. The van der Waals surface area contributed by atoms with Crippen LogP contribution in [-0.4, -0.2) is 29.5 Å². The number of anilines is 1. The summed E-state index contributed by atoms with van der Waals surface area (Å²) >= 11 is 0. The lowest BCUT2D eigenvalue weighted by Crippen LogP contribution is -2.10. The summed E-state index contributed by atoms with van der Waals surface area (Å²) in [5, 5.41) is 3.23. The highest BCUT2D eigenvalue weighted by molar-refractivity contribution is 5.93. The standard InChI is InChI=1S/C20H20N4O2/c1-26-17-4-2-3-14(13-17)9-11-22-20-23-12-10-18(24-20)15-5-7-16(8-6-15)19(21)25/h2-8,10,12-13H,9,11H2,1H3,(H2,21,25)(H,22,23,24). The van der Waals surface area contributed by atoms with Crippen LogP contribution in [0.4, 0.5) is 5.95 Å². The fourth-order valence-electron chi connectivity index (χ4n) is 2.56. The molecule has 0 saturated carbocycles. The molecule has 0 fully saturated rings. The first kappa shape index (κ1) is 17.4. The van der Waals surface area contributed by atoms with E-state index in [-0.39, 0.29) is 0 Å². The van der Waals surface area contributed by atoms with Gasteiger partial charge < -0.3 is 15.8 Å². The smallest absolute Gasteiger partial charge is 0.248 e. The molecule has 6 nitrogen and oxygen atoms in total. The number of nitrogens with one attached hydrogen (secondary N) is 1. The molecular formula is C20H20N4O2. The minimum atomic E-state index is -0.445. The summed E-state index contributed by atoms with van der Waals surface area (Å²) in [6.45, 7) is 0.706. The van der Waals surface area contributed by atoms with Gasteiger partial charge in [0.25, 0.3) is 0 Å². The Morgan fingerprint density at radius 1 is 1.15 bits per heavy atom. The summed E-state index contributed by atoms with van der Waals surface area (Å²) < 4.78 is 5.23. The molecule has 0 saturated heterocycles. The van der Waals surface area contributed by atoms with Gasteiger partial charge in [0.15, 0.2) is 0 Å². The Bertz CT molecular complexity index is 894. The van der Waals surface area contributed by atoms with Crippen LogP contribution in [-0.2, 0) is 6.42 Å². The second kappa shape index (κ2) is 8.11. The molecule has 0 aliphatic carbocycles. The summed E-state index contributed by atoms with van der Waals surface area (Å²) in [4.78, 5) is 19.9. The molecule has 132 valence electrons. The van der Waals surface area contributed by atoms with Crippen molar-refractivity contribution < 1.29 is 9.53 Å². The van der Waals surface area contributed by atoms with Crippen LogP contribution in [0.15, 0.2) is 60.8 Å². The molecule has 3 N–H and O–H groups in total. The van der Waals surface area contributed by atoms with Crippen molar-refractivity contribution in [1.29, 1.82) is 0 Å². The van der Waals surface area contributed by atoms with E-state index in [0.717, 1.165) is 23.4 Å². The van der Waals surface area contributed by atoms with Gasteiger partial charge in [0.1, 0.15) is 5.75 Å². The van der Waals surface area contributed by atoms with Crippen molar-refractivity contribution in [2.75, 3.05) is 19.0 Å². The second-order valence-electron chi connectivity index (χ2n) is 5.74. The average molecular weight is 348 g/mol. The Kier molecular flexibility index (Phi) is 5.43. The van der Waals surface area contributed by atoms with Crippen LogP contribution >= 0.6 is 0 Å². The number of nitrogens with two attached hydrogens (primary N) is 1. The second-order valence-corrected chi connectivity index (χ2v) is 5.74. The lowest BCUT2D eigenvalue weighted by Gasteiger charge is -2.08. The zero-order chi connectivity index (χ0) is 18.4. The molecule has 0 aliphatic rings. The predicted octanol–water partition coefficient (Wildman–Crippen LogP) is 2.91. The van der Waals surface area contributed by atoms with Gasteiger partial charge in [-0.05, 0) is 42.3 Å². The highest BCUT2D eigenvalue weighted by Crippen LogP contribution is 2.18. The van der Waals surface area contributed by atoms with Gasteiger partial charge in [0, 0.05) is 23.9 Å². The highest BCUT2D eigenvalue weighted by atomic mass is 16.5. The molecule has 6 heteroatoms. The van der Waals surface area contributed by atoms with E-state index in [1.807, 2.05) is 36.4 Å². The first-order chi connectivity index (χ1) is 12.7. The van der Waals surface area contributed by atoms with Crippen molar-refractivity contribution >= 4 is 11.9 Å². The van der Waals surface area contributed by atoms with Crippen LogP contribution in [0.2, 0.25) is 0 Å². The van der Waals surface area contributed by atoms with E-state index >= 15 is 0 Å². The Labute approximate surface area is 152 Å². The van der Waals surface area contributed by atoms with Crippen molar-refractivity contribution in [2.24, 2.45) is 5.73 Å². The Balaban J connectivity index is 1.64. The number of ether oxygens (including phenoxy) is 1. The van der Waals surface area contributed by atoms with Gasteiger partial charge in [-0.2, -0.15) is 0 Å². The van der Waals surface area contributed by atoms with Crippen LogP contribution in [0.5, 0.6) is 5.75 Å². The molecule has 1 aromatic heterocycles. The number of methoxy groups -OCH3 is 1. The number of aromatic nitrogens is 2. The van der Waals surface area contributed by atoms with Gasteiger partial charge >= 0.3 is 0 Å². The summed E-state index contributed by atoms with van der Waals surface area (Å²) in [7, 11) is 1.66. The molecule has 0 radical (unpaired) electrons. The Hall–Kier alpha value is -3.41. The lowest BCUT2D eigenvalue weighted by atomic mass is 10.1. The zero-order valence-electron chi connectivity index (χ0n) is 14.5. The molecule has 0 unspecified atom stereocenters. The largest absolute Gasteiger partial charge is 0.497 e. The number of rotatable bonds is 7. The third kappa shape index (κ3) is 4.36. The molecule has 3 aromatic rings. The maximum Gasteiger partial charge on any atom is 0.248 e. The first-order valence-electron chi connectivity index (χ1n) is 8.26. The summed E-state index contributed by atoms with van der Waals surface area (Å²) in [5.74, 6) is 0.962. The van der Waals surface area contributed by atoms with E-state index in [0.29, 0.717) is 18.1 Å². The molecule has 0 spiro atoms. The quantitative estimate of drug-likeness (QED) is 0.685. The monoisotopic (exact) mass is 348 g/mol. The van der Waals surface area contributed by atoms with Crippen LogP contribution in [0.3, 0.4) is 0 Å². The van der Waals surface area contributed by atoms with Gasteiger partial charge in [-0.1, -0.05) is 24.3 Å². The van der Waals surface area contributed by atoms with Gasteiger partial charge in [0.2, 0.25) is 11.9 Å². The minimum Gasteiger partial charge on any atom is -0.497 e. The summed E-state index contributed by atoms with van der Waals surface area (Å²) in [6, 6.07) is 16.8. The van der Waals surface area contributed by atoms with Gasteiger partial charge in [-0.15, -0.1) is 0 Å². The van der Waals surface area contributed by atoms with Gasteiger partial charge in [-0.25, -0.2) is 9.97 Å². The molecule has 26 heavy (non-hydrogen) atoms. The maximum absolute atomic E-state index is 11.2. The maximum atomic E-state index is 11.2. The first-order valence-corrected chi connectivity index (χ1v) is 8.26. The number of carbonyl (C=O) groups excluding carboxylic acids is 1. The van der Waals surface area contributed by atoms with Crippen molar-refractivity contribution in [1.82, 2.24) is 9.97 Å². The third-order valence-electron chi connectivity index (χ3n) is 3.95. The van der Waals surface area contributed by atoms with E-state index in [9.17, 15) is 4.79 Å². The van der Waals surface area contributed by atoms with Crippen LogP contribution in [0.25, 0.3) is 11.3 Å². The SMILES string of the molecule is COc1cccc(CCNc2nccc(-c3ccc(C(N)=O)cc3)n2)c1. The molecule has 0 atom stereocenters. The number of nitrogens with zero attached hydrogens (tertiary/aromatic N) is 2. The highest BCUT2D eigenvalue weighted by Gasteiger charge is 2.05. The van der Waals surface area contributed by atoms with E-state index in [2.05, 4.69) is 21.4 Å². The van der Waals surface area contributed by atoms with E-state index in [1.54, 1.807) is 25.4 Å². The van der Waals surface area contributed by atoms with Crippen LogP contribution in [0.1, 0.15) is 15.9 Å². The van der Waals surface area contributed by atoms with Crippen LogP contribution in [0, 0.1) is 0 Å². The van der Waals surface area contributed by atoms with Crippen molar-refractivity contribution in [3.8, 4) is 17.0 Å². The average Bonchev–Trinajstić information content (AvgIpc) is 2.68. The Morgan fingerprint density at radius 3 is 2.69 bits per heavy atom. The Morgan fingerprint density at radius 2 is 1.96 bits per heavy atom. The summed E-state index contributed by atoms with van der Waals surface area (Å²) in [5.41, 5.74) is 8.59. The fourth-order valence-corrected chi connectivity index (χ4v) is 2.56. The number of hydrogen-bond acceptors (Lipinski definition) is 5. The predicted molar refractivity (Wildman–Crippen MR) is 101 cm³/mol. The van der Waals surface area contributed by atoms with Gasteiger partial charge in [-0.3, -0.25) is 4.79 Å². The van der Waals surface area contributed by atoms with E-state index < -0.39 is 5.91 Å². The van der Waals surface area contributed by atoms with Crippen molar-refractivity contribution in [3.63, 3.8) is 0 Å². The number of amides is 1. The van der Waals surface area contributed by atoms with Crippen molar-refractivity contribution in [3.05, 3.63) is 71.9 Å². The van der Waals surface area contributed by atoms with Crippen LogP contribution < -0.4 is 15.8 Å². The molecule has 1 amide bonds. The third-order valence-corrected chi connectivity index (χ3v) is 3.95. The van der Waals surface area contributed by atoms with E-state index in [1.165, 1.54) is 5.56 Å². The molecule has 2 aromatic carbocycles. The number of primary amides is 1. The summed E-state index contributed by atoms with van der Waals surface area (Å²) in [6.07, 6.45) is 2.54. The molecule has 1 heterocycles.